The van der Waals surface area contributed by atoms with Gasteiger partial charge in [0.25, 0.3) is 0 Å². The number of aliphatic carboxylic acids is 1. The maximum absolute atomic E-state index is 11.9. The molecular formula is C11H18N2O3. The molecule has 0 saturated heterocycles. The van der Waals surface area contributed by atoms with E-state index in [4.69, 9.17) is 10.8 Å². The minimum absolute atomic E-state index is 0.224. The maximum Gasteiger partial charge on any atom is 0.326 e. The fourth-order valence-electron chi connectivity index (χ4n) is 1.83. The zero-order chi connectivity index (χ0) is 12.2. The first-order chi connectivity index (χ1) is 7.55. The van der Waals surface area contributed by atoms with Gasteiger partial charge in [0, 0.05) is 6.54 Å². The lowest BCUT2D eigenvalue weighted by atomic mass is 9.68. The van der Waals surface area contributed by atoms with Gasteiger partial charge in [-0.25, -0.2) is 4.79 Å². The van der Waals surface area contributed by atoms with E-state index < -0.39 is 17.4 Å². The molecule has 0 aromatic carbocycles. The minimum Gasteiger partial charge on any atom is -0.480 e. The summed E-state index contributed by atoms with van der Waals surface area (Å²) in [4.78, 5) is 22.7. The minimum atomic E-state index is -1.04. The van der Waals surface area contributed by atoms with Crippen molar-refractivity contribution in [3.05, 3.63) is 12.7 Å². The van der Waals surface area contributed by atoms with Gasteiger partial charge < -0.3 is 16.2 Å². The Kier molecular flexibility index (Phi) is 4.06. The average Bonchev–Trinajstić information content (AvgIpc) is 2.16. The fraction of sp³-hybridized carbons (Fsp3) is 0.636. The molecule has 1 aliphatic rings. The number of nitrogens with two attached hydrogens (primary N) is 1. The predicted octanol–water partition coefficient (Wildman–Crippen LogP) is 0.261. The third-order valence-electron chi connectivity index (χ3n) is 3.19. The summed E-state index contributed by atoms with van der Waals surface area (Å²) in [5.41, 5.74) is 5.03. The van der Waals surface area contributed by atoms with Gasteiger partial charge in [-0.1, -0.05) is 12.5 Å². The summed E-state index contributed by atoms with van der Waals surface area (Å²) in [6, 6.07) is -0.894. The Labute approximate surface area is 94.7 Å². The molecule has 0 aromatic rings. The van der Waals surface area contributed by atoms with Crippen LogP contribution in [0.1, 0.15) is 25.7 Å². The standard InChI is InChI=1S/C11H18N2O3/c1-2-4-8(9(14)15)13-10(16)11(7-12)5-3-6-11/h2,8H,1,3-7,12H2,(H,13,16)(H,14,15). The van der Waals surface area contributed by atoms with Crippen LogP contribution in [0, 0.1) is 5.41 Å². The SMILES string of the molecule is C=CCC(NC(=O)C1(CN)CCC1)C(=O)O. The van der Waals surface area contributed by atoms with Crippen molar-refractivity contribution in [1.29, 1.82) is 0 Å². The van der Waals surface area contributed by atoms with Gasteiger partial charge in [0.05, 0.1) is 5.41 Å². The smallest absolute Gasteiger partial charge is 0.326 e. The van der Waals surface area contributed by atoms with Crippen LogP contribution in [0.5, 0.6) is 0 Å². The summed E-state index contributed by atoms with van der Waals surface area (Å²) in [5.74, 6) is -1.28. The lowest BCUT2D eigenvalue weighted by Gasteiger charge is -2.39. The Morgan fingerprint density at radius 3 is 2.50 bits per heavy atom. The monoisotopic (exact) mass is 226 g/mol. The van der Waals surface area contributed by atoms with Crippen LogP contribution in [0.3, 0.4) is 0 Å². The molecule has 90 valence electrons. The first-order valence-electron chi connectivity index (χ1n) is 5.40. The van der Waals surface area contributed by atoms with E-state index in [0.29, 0.717) is 0 Å². The number of carboxylic acid groups (broad SMARTS) is 1. The van der Waals surface area contributed by atoms with Crippen molar-refractivity contribution in [2.75, 3.05) is 6.54 Å². The van der Waals surface area contributed by atoms with Crippen LogP contribution >= 0.6 is 0 Å². The van der Waals surface area contributed by atoms with E-state index in [2.05, 4.69) is 11.9 Å². The average molecular weight is 226 g/mol. The molecule has 1 amide bonds. The van der Waals surface area contributed by atoms with E-state index in [-0.39, 0.29) is 18.9 Å². The van der Waals surface area contributed by atoms with Crippen molar-refractivity contribution >= 4 is 11.9 Å². The van der Waals surface area contributed by atoms with E-state index in [1.54, 1.807) is 0 Å². The highest BCUT2D eigenvalue weighted by Gasteiger charge is 2.43. The van der Waals surface area contributed by atoms with Crippen LogP contribution in [0.2, 0.25) is 0 Å². The van der Waals surface area contributed by atoms with Crippen molar-refractivity contribution in [1.82, 2.24) is 5.32 Å². The number of carboxylic acids is 1. The molecule has 1 rings (SSSR count). The van der Waals surface area contributed by atoms with Crippen LogP contribution in [0.15, 0.2) is 12.7 Å². The normalized spacial score (nSPS) is 19.3. The molecule has 0 aliphatic heterocycles. The highest BCUT2D eigenvalue weighted by atomic mass is 16.4. The van der Waals surface area contributed by atoms with Gasteiger partial charge in [-0.05, 0) is 19.3 Å². The van der Waals surface area contributed by atoms with E-state index >= 15 is 0 Å². The van der Waals surface area contributed by atoms with Crippen molar-refractivity contribution in [2.45, 2.75) is 31.7 Å². The highest BCUT2D eigenvalue weighted by Crippen LogP contribution is 2.40. The van der Waals surface area contributed by atoms with Gasteiger partial charge in [0.2, 0.25) is 5.91 Å². The fourth-order valence-corrected chi connectivity index (χ4v) is 1.83. The molecule has 16 heavy (non-hydrogen) atoms. The quantitative estimate of drug-likeness (QED) is 0.566. The van der Waals surface area contributed by atoms with Crippen LogP contribution in [-0.4, -0.2) is 29.6 Å². The Bertz CT molecular complexity index is 292. The molecule has 1 aliphatic carbocycles. The van der Waals surface area contributed by atoms with Gasteiger partial charge in [-0.3, -0.25) is 4.79 Å². The highest BCUT2D eigenvalue weighted by molar-refractivity contribution is 5.88. The molecule has 0 heterocycles. The van der Waals surface area contributed by atoms with Crippen LogP contribution < -0.4 is 11.1 Å². The zero-order valence-electron chi connectivity index (χ0n) is 9.24. The second-order valence-corrected chi connectivity index (χ2v) is 4.23. The summed E-state index contributed by atoms with van der Waals surface area (Å²) in [6.07, 6.45) is 4.17. The third kappa shape index (κ3) is 2.41. The second-order valence-electron chi connectivity index (χ2n) is 4.23. The third-order valence-corrected chi connectivity index (χ3v) is 3.19. The molecule has 1 atom stereocenters. The molecular weight excluding hydrogens is 208 g/mol. The molecule has 0 spiro atoms. The van der Waals surface area contributed by atoms with Crippen molar-refractivity contribution in [2.24, 2.45) is 11.1 Å². The van der Waals surface area contributed by atoms with E-state index in [1.807, 2.05) is 0 Å². The van der Waals surface area contributed by atoms with Gasteiger partial charge in [0.1, 0.15) is 6.04 Å². The molecule has 5 heteroatoms. The summed E-state index contributed by atoms with van der Waals surface area (Å²) in [5, 5.41) is 11.4. The van der Waals surface area contributed by atoms with E-state index in [9.17, 15) is 9.59 Å². The Morgan fingerprint density at radius 2 is 2.19 bits per heavy atom. The second kappa shape index (κ2) is 5.12. The number of hydrogen-bond donors (Lipinski definition) is 3. The molecule has 0 bridgehead atoms. The number of amides is 1. The van der Waals surface area contributed by atoms with Crippen LogP contribution in [-0.2, 0) is 9.59 Å². The Morgan fingerprint density at radius 1 is 1.56 bits per heavy atom. The maximum atomic E-state index is 11.9. The molecule has 1 fully saturated rings. The first-order valence-corrected chi connectivity index (χ1v) is 5.40. The van der Waals surface area contributed by atoms with E-state index in [1.165, 1.54) is 6.08 Å². The summed E-state index contributed by atoms with van der Waals surface area (Å²) >= 11 is 0. The number of carbonyl (C=O) groups is 2. The zero-order valence-corrected chi connectivity index (χ0v) is 9.24. The number of rotatable bonds is 6. The Hall–Kier alpha value is -1.36. The largest absolute Gasteiger partial charge is 0.480 e. The summed E-state index contributed by atoms with van der Waals surface area (Å²) in [7, 11) is 0. The van der Waals surface area contributed by atoms with Gasteiger partial charge >= 0.3 is 5.97 Å². The number of carbonyl (C=O) groups excluding carboxylic acids is 1. The topological polar surface area (TPSA) is 92.4 Å². The summed E-state index contributed by atoms with van der Waals surface area (Å²) < 4.78 is 0. The van der Waals surface area contributed by atoms with Gasteiger partial charge in [-0.2, -0.15) is 0 Å². The number of nitrogens with one attached hydrogen (secondary N) is 1. The Balaban J connectivity index is 2.60. The molecule has 0 aromatic heterocycles. The van der Waals surface area contributed by atoms with E-state index in [0.717, 1.165) is 19.3 Å². The first kappa shape index (κ1) is 12.7. The summed E-state index contributed by atoms with van der Waals surface area (Å²) in [6.45, 7) is 3.74. The van der Waals surface area contributed by atoms with Crippen molar-refractivity contribution in [3.63, 3.8) is 0 Å². The molecule has 1 saturated carbocycles. The van der Waals surface area contributed by atoms with Gasteiger partial charge in [-0.15, -0.1) is 6.58 Å². The lowest BCUT2D eigenvalue weighted by molar-refractivity contribution is -0.145. The lowest BCUT2D eigenvalue weighted by Crippen LogP contribution is -2.54. The predicted molar refractivity (Wildman–Crippen MR) is 59.7 cm³/mol. The molecule has 0 radical (unpaired) electrons. The molecule has 5 nitrogen and oxygen atoms in total. The van der Waals surface area contributed by atoms with Crippen LogP contribution in [0.25, 0.3) is 0 Å². The van der Waals surface area contributed by atoms with Crippen LogP contribution in [0.4, 0.5) is 0 Å². The number of hydrogen-bond acceptors (Lipinski definition) is 3. The van der Waals surface area contributed by atoms with Gasteiger partial charge in [0.15, 0.2) is 0 Å². The molecule has 1 unspecified atom stereocenters. The van der Waals surface area contributed by atoms with Crippen molar-refractivity contribution < 1.29 is 14.7 Å². The van der Waals surface area contributed by atoms with Crippen molar-refractivity contribution in [3.8, 4) is 0 Å². The molecule has 4 N–H and O–H groups in total.